The zero-order valence-electron chi connectivity index (χ0n) is 12.5. The molecule has 4 nitrogen and oxygen atoms in total. The highest BCUT2D eigenvalue weighted by Gasteiger charge is 2.26. The molecule has 0 amide bonds. The first-order valence-corrected chi connectivity index (χ1v) is 7.77. The maximum absolute atomic E-state index is 5.97. The molecule has 1 aliphatic rings. The Morgan fingerprint density at radius 1 is 1.48 bits per heavy atom. The van der Waals surface area contributed by atoms with Crippen LogP contribution in [-0.4, -0.2) is 23.1 Å². The monoisotopic (exact) mass is 285 g/mol. The van der Waals surface area contributed by atoms with Gasteiger partial charge in [0.05, 0.1) is 6.61 Å². The third-order valence-electron chi connectivity index (χ3n) is 4.50. The molecule has 2 heterocycles. The quantitative estimate of drug-likeness (QED) is 0.887. The molecule has 4 heteroatoms. The number of fused-ring (bicyclic) bond motifs is 1. The number of nitrogens with zero attached hydrogens (tertiary/aromatic N) is 1. The number of hydrogen-bond acceptors (Lipinski definition) is 3. The second-order valence-corrected chi connectivity index (χ2v) is 5.78. The van der Waals surface area contributed by atoms with Crippen LogP contribution in [0.1, 0.15) is 25.3 Å². The van der Waals surface area contributed by atoms with Crippen LogP contribution in [0.2, 0.25) is 0 Å². The zero-order chi connectivity index (χ0) is 14.7. The molecule has 0 bridgehead atoms. The molecule has 0 fully saturated rings. The Morgan fingerprint density at radius 3 is 3.10 bits per heavy atom. The van der Waals surface area contributed by atoms with Crippen molar-refractivity contribution in [1.29, 1.82) is 0 Å². The van der Waals surface area contributed by atoms with Crippen molar-refractivity contribution in [2.75, 3.05) is 13.2 Å². The van der Waals surface area contributed by atoms with Crippen LogP contribution in [0.4, 0.5) is 0 Å². The number of hydrogen-bond donors (Lipinski definition) is 2. The van der Waals surface area contributed by atoms with Crippen LogP contribution in [0.3, 0.4) is 0 Å². The van der Waals surface area contributed by atoms with Gasteiger partial charge in [0.25, 0.3) is 0 Å². The van der Waals surface area contributed by atoms with Crippen molar-refractivity contribution < 1.29 is 4.74 Å². The summed E-state index contributed by atoms with van der Waals surface area (Å²) in [4.78, 5) is 7.48. The van der Waals surface area contributed by atoms with Gasteiger partial charge in [-0.15, -0.1) is 0 Å². The van der Waals surface area contributed by atoms with Crippen molar-refractivity contribution >= 4 is 0 Å². The molecular weight excluding hydrogens is 262 g/mol. The number of ether oxygens (including phenoxy) is 1. The van der Waals surface area contributed by atoms with Gasteiger partial charge in [-0.05, 0) is 49.1 Å². The smallest absolute Gasteiger partial charge is 0.137 e. The molecular formula is C17H23N3O. The fraction of sp³-hybridized carbons (Fsp3) is 0.471. The molecule has 1 aromatic carbocycles. The lowest BCUT2D eigenvalue weighted by molar-refractivity contribution is 0.162. The molecule has 0 radical (unpaired) electrons. The van der Waals surface area contributed by atoms with Crippen molar-refractivity contribution in [3.63, 3.8) is 0 Å². The van der Waals surface area contributed by atoms with Crippen molar-refractivity contribution in [1.82, 2.24) is 9.97 Å². The van der Waals surface area contributed by atoms with E-state index in [-0.39, 0.29) is 0 Å². The van der Waals surface area contributed by atoms with Gasteiger partial charge in [0.1, 0.15) is 11.6 Å². The number of imidazole rings is 1. The molecule has 0 spiro atoms. The summed E-state index contributed by atoms with van der Waals surface area (Å²) < 4.78 is 5.97. The van der Waals surface area contributed by atoms with Gasteiger partial charge >= 0.3 is 0 Å². The number of benzene rings is 1. The predicted molar refractivity (Wildman–Crippen MR) is 84.2 cm³/mol. The van der Waals surface area contributed by atoms with Gasteiger partial charge in [-0.25, -0.2) is 4.98 Å². The maximum atomic E-state index is 5.97. The van der Waals surface area contributed by atoms with Crippen molar-refractivity contribution in [3.8, 4) is 17.1 Å². The summed E-state index contributed by atoms with van der Waals surface area (Å²) in [5, 5.41) is 0. The highest BCUT2D eigenvalue weighted by molar-refractivity contribution is 5.59. The van der Waals surface area contributed by atoms with Crippen LogP contribution in [0, 0.1) is 11.8 Å². The number of nitrogens with two attached hydrogens (primary N) is 1. The minimum Gasteiger partial charge on any atom is -0.493 e. The number of nitrogens with one attached hydrogen (secondary N) is 1. The summed E-state index contributed by atoms with van der Waals surface area (Å²) in [5.41, 5.74) is 8.15. The van der Waals surface area contributed by atoms with Crippen LogP contribution in [-0.2, 0) is 6.42 Å². The summed E-state index contributed by atoms with van der Waals surface area (Å²) in [5.74, 6) is 3.14. The Labute approximate surface area is 125 Å². The van der Waals surface area contributed by atoms with E-state index in [1.54, 1.807) is 6.20 Å². The van der Waals surface area contributed by atoms with Crippen LogP contribution in [0.25, 0.3) is 11.4 Å². The van der Waals surface area contributed by atoms with E-state index in [0.717, 1.165) is 43.1 Å². The van der Waals surface area contributed by atoms with E-state index in [1.165, 1.54) is 12.0 Å². The van der Waals surface area contributed by atoms with Crippen LogP contribution in [0.5, 0.6) is 5.75 Å². The lowest BCUT2D eigenvalue weighted by atomic mass is 9.82. The van der Waals surface area contributed by atoms with Crippen LogP contribution in [0.15, 0.2) is 30.6 Å². The third-order valence-corrected chi connectivity index (χ3v) is 4.50. The molecule has 0 aliphatic carbocycles. The average Bonchev–Trinajstić information content (AvgIpc) is 3.06. The molecule has 1 aliphatic heterocycles. The summed E-state index contributed by atoms with van der Waals surface area (Å²) in [7, 11) is 0. The van der Waals surface area contributed by atoms with Crippen LogP contribution >= 0.6 is 0 Å². The Kier molecular flexibility index (Phi) is 4.25. The second-order valence-electron chi connectivity index (χ2n) is 5.78. The van der Waals surface area contributed by atoms with Gasteiger partial charge in [0.15, 0.2) is 0 Å². The first kappa shape index (κ1) is 14.1. The minimum atomic E-state index is 0.568. The van der Waals surface area contributed by atoms with Crippen molar-refractivity contribution in [2.24, 2.45) is 17.6 Å². The number of rotatable bonds is 5. The minimum absolute atomic E-state index is 0.568. The van der Waals surface area contributed by atoms with E-state index in [9.17, 15) is 0 Å². The molecule has 1 aromatic heterocycles. The predicted octanol–water partition coefficient (Wildman–Crippen LogP) is 3.00. The maximum Gasteiger partial charge on any atom is 0.137 e. The first-order chi connectivity index (χ1) is 10.3. The van der Waals surface area contributed by atoms with E-state index in [4.69, 9.17) is 10.5 Å². The fourth-order valence-electron chi connectivity index (χ4n) is 3.28. The van der Waals surface area contributed by atoms with Crippen molar-refractivity contribution in [2.45, 2.75) is 26.2 Å². The number of H-pyrrole nitrogens is 1. The van der Waals surface area contributed by atoms with E-state index in [1.807, 2.05) is 6.20 Å². The zero-order valence-corrected chi connectivity index (χ0v) is 12.5. The molecule has 3 N–H and O–H groups in total. The lowest BCUT2D eigenvalue weighted by Crippen LogP contribution is -2.29. The summed E-state index contributed by atoms with van der Waals surface area (Å²) in [6.45, 7) is 3.81. The Balaban J connectivity index is 1.82. The van der Waals surface area contributed by atoms with Crippen molar-refractivity contribution in [3.05, 3.63) is 36.2 Å². The molecule has 2 aromatic rings. The SMILES string of the molecule is CCC(CCN)C1COc2ccc(-c3ncc[nH]3)cc2C1. The van der Waals surface area contributed by atoms with E-state index >= 15 is 0 Å². The molecule has 2 atom stereocenters. The van der Waals surface area contributed by atoms with Gasteiger partial charge in [-0.3, -0.25) is 0 Å². The van der Waals surface area contributed by atoms with Crippen LogP contribution < -0.4 is 10.5 Å². The summed E-state index contributed by atoms with van der Waals surface area (Å²) in [6.07, 6.45) is 6.95. The highest BCUT2D eigenvalue weighted by atomic mass is 16.5. The van der Waals surface area contributed by atoms with Gasteiger partial charge < -0.3 is 15.5 Å². The third kappa shape index (κ3) is 2.95. The average molecular weight is 285 g/mol. The first-order valence-electron chi connectivity index (χ1n) is 7.77. The van der Waals surface area contributed by atoms with Gasteiger partial charge in [-0.2, -0.15) is 0 Å². The molecule has 21 heavy (non-hydrogen) atoms. The summed E-state index contributed by atoms with van der Waals surface area (Å²) in [6, 6.07) is 6.33. The molecule has 2 unspecified atom stereocenters. The molecule has 112 valence electrons. The molecule has 0 saturated heterocycles. The van der Waals surface area contributed by atoms with E-state index < -0.39 is 0 Å². The Hall–Kier alpha value is -1.81. The highest BCUT2D eigenvalue weighted by Crippen LogP contribution is 2.34. The van der Waals surface area contributed by atoms with E-state index in [0.29, 0.717) is 11.8 Å². The summed E-state index contributed by atoms with van der Waals surface area (Å²) >= 11 is 0. The Bertz CT molecular complexity index is 580. The number of aromatic amines is 1. The normalized spacial score (nSPS) is 18.9. The largest absolute Gasteiger partial charge is 0.493 e. The molecule has 3 rings (SSSR count). The topological polar surface area (TPSA) is 63.9 Å². The van der Waals surface area contributed by atoms with Gasteiger partial charge in [-0.1, -0.05) is 13.3 Å². The standard InChI is InChI=1S/C17H23N3O/c1-2-12(5-6-18)15-10-14-9-13(17-19-7-8-20-17)3-4-16(14)21-11-15/h3-4,7-9,12,15H,2,5-6,10-11,18H2,1H3,(H,19,20). The second kappa shape index (κ2) is 6.31. The van der Waals surface area contributed by atoms with Gasteiger partial charge in [0, 0.05) is 23.9 Å². The van der Waals surface area contributed by atoms with E-state index in [2.05, 4.69) is 35.1 Å². The fourth-order valence-corrected chi connectivity index (χ4v) is 3.28. The Morgan fingerprint density at radius 2 is 2.38 bits per heavy atom. The lowest BCUT2D eigenvalue weighted by Gasteiger charge is -2.31. The van der Waals surface area contributed by atoms with Gasteiger partial charge in [0.2, 0.25) is 0 Å². The number of aromatic nitrogens is 2. The molecule has 0 saturated carbocycles.